The minimum Gasteiger partial charge on any atom is -0.478 e. The van der Waals surface area contributed by atoms with Gasteiger partial charge in [0.2, 0.25) is 0 Å². The summed E-state index contributed by atoms with van der Waals surface area (Å²) in [7, 11) is 0. The van der Waals surface area contributed by atoms with Crippen molar-refractivity contribution in [3.8, 4) is 0 Å². The highest BCUT2D eigenvalue weighted by molar-refractivity contribution is 5.88. The van der Waals surface area contributed by atoms with Crippen LogP contribution >= 0.6 is 0 Å². The molecule has 0 aromatic carbocycles. The molecule has 82 valence electrons. The third kappa shape index (κ3) is 2.24. The van der Waals surface area contributed by atoms with E-state index in [1.807, 2.05) is 0 Å². The number of carbonyl (C=O) groups is 1. The number of aromatic carboxylic acids is 1. The fourth-order valence-corrected chi connectivity index (χ4v) is 1.01. The fraction of sp³-hybridized carbons (Fsp3) is 0.250. The summed E-state index contributed by atoms with van der Waals surface area (Å²) in [5.74, 6) is -3.15. The lowest BCUT2D eigenvalue weighted by molar-refractivity contribution is 0.0689. The van der Waals surface area contributed by atoms with Crippen LogP contribution in [-0.4, -0.2) is 16.1 Å². The molecular weight excluding hydrogens is 213 g/mol. The number of halogens is 3. The number of carboxylic acid groups (broad SMARTS) is 1. The van der Waals surface area contributed by atoms with Crippen molar-refractivity contribution in [3.05, 3.63) is 28.8 Å². The molecule has 7 heteroatoms. The van der Waals surface area contributed by atoms with Crippen LogP contribution in [0.25, 0.3) is 0 Å². The van der Waals surface area contributed by atoms with Crippen molar-refractivity contribution in [1.29, 1.82) is 0 Å². The Morgan fingerprint density at radius 3 is 2.60 bits per heavy atom. The molecule has 0 spiro atoms. The van der Waals surface area contributed by atoms with Crippen LogP contribution < -0.4 is 5.73 Å². The summed E-state index contributed by atoms with van der Waals surface area (Å²) in [6.45, 7) is -0.236. The van der Waals surface area contributed by atoms with Crippen LogP contribution in [0.4, 0.5) is 13.2 Å². The quantitative estimate of drug-likeness (QED) is 0.805. The van der Waals surface area contributed by atoms with Crippen molar-refractivity contribution in [2.75, 3.05) is 0 Å². The molecule has 1 aromatic rings. The van der Waals surface area contributed by atoms with Crippen molar-refractivity contribution >= 4 is 5.97 Å². The van der Waals surface area contributed by atoms with Gasteiger partial charge in [-0.1, -0.05) is 0 Å². The van der Waals surface area contributed by atoms with Crippen LogP contribution in [0.3, 0.4) is 0 Å². The normalized spacial score (nSPS) is 10.7. The molecule has 1 aromatic heterocycles. The minimum absolute atomic E-state index is 0.0934. The van der Waals surface area contributed by atoms with Crippen molar-refractivity contribution in [3.63, 3.8) is 0 Å². The van der Waals surface area contributed by atoms with E-state index in [9.17, 15) is 18.0 Å². The van der Waals surface area contributed by atoms with Crippen molar-refractivity contribution in [2.24, 2.45) is 5.73 Å². The lowest BCUT2D eigenvalue weighted by atomic mass is 10.1. The first-order valence-corrected chi connectivity index (χ1v) is 3.88. The first kappa shape index (κ1) is 11.4. The topological polar surface area (TPSA) is 76.2 Å². The van der Waals surface area contributed by atoms with Gasteiger partial charge in [0.25, 0.3) is 6.43 Å². The highest BCUT2D eigenvalue weighted by Gasteiger charge is 2.22. The fourth-order valence-electron chi connectivity index (χ4n) is 1.01. The number of rotatable bonds is 3. The van der Waals surface area contributed by atoms with Gasteiger partial charge in [-0.25, -0.2) is 22.9 Å². The number of hydrogen-bond acceptors (Lipinski definition) is 3. The van der Waals surface area contributed by atoms with Crippen LogP contribution in [0.2, 0.25) is 0 Å². The summed E-state index contributed by atoms with van der Waals surface area (Å²) in [6, 6.07) is 0.837. The van der Waals surface area contributed by atoms with E-state index in [0.29, 0.717) is 0 Å². The molecule has 0 amide bonds. The van der Waals surface area contributed by atoms with Gasteiger partial charge in [0.05, 0.1) is 11.3 Å². The Kier molecular flexibility index (Phi) is 3.25. The second kappa shape index (κ2) is 4.26. The summed E-state index contributed by atoms with van der Waals surface area (Å²) >= 11 is 0. The molecule has 0 radical (unpaired) electrons. The Labute approximate surface area is 82.5 Å². The summed E-state index contributed by atoms with van der Waals surface area (Å²) in [5, 5.41) is 8.54. The number of pyridine rings is 1. The maximum atomic E-state index is 13.1. The molecule has 1 rings (SSSR count). The molecule has 0 saturated carbocycles. The minimum atomic E-state index is -3.17. The molecule has 0 aliphatic carbocycles. The maximum absolute atomic E-state index is 13.1. The number of nitrogens with zero attached hydrogens (tertiary/aromatic N) is 1. The van der Waals surface area contributed by atoms with Crippen molar-refractivity contribution < 1.29 is 23.1 Å². The van der Waals surface area contributed by atoms with Gasteiger partial charge in [0, 0.05) is 6.54 Å². The van der Waals surface area contributed by atoms with Gasteiger partial charge < -0.3 is 10.8 Å². The molecule has 0 aliphatic rings. The van der Waals surface area contributed by atoms with E-state index in [0.717, 1.165) is 6.07 Å². The summed E-state index contributed by atoms with van der Waals surface area (Å²) in [5.41, 5.74) is 2.99. The lowest BCUT2D eigenvalue weighted by Gasteiger charge is -2.06. The molecule has 15 heavy (non-hydrogen) atoms. The number of hydrogen-bond donors (Lipinski definition) is 2. The third-order valence-corrected chi connectivity index (χ3v) is 1.68. The second-order valence-corrected chi connectivity index (χ2v) is 2.67. The Balaban J connectivity index is 3.40. The van der Waals surface area contributed by atoms with Crippen LogP contribution in [0.1, 0.15) is 28.2 Å². The zero-order valence-electron chi connectivity index (χ0n) is 7.38. The number of nitrogens with two attached hydrogens (primary N) is 1. The molecule has 0 unspecified atom stereocenters. The Morgan fingerprint density at radius 2 is 2.20 bits per heavy atom. The number of aromatic nitrogens is 1. The molecule has 3 N–H and O–H groups in total. The van der Waals surface area contributed by atoms with Gasteiger partial charge in [-0.3, -0.25) is 0 Å². The van der Waals surface area contributed by atoms with E-state index in [1.54, 1.807) is 0 Å². The lowest BCUT2D eigenvalue weighted by Crippen LogP contribution is -2.11. The Morgan fingerprint density at radius 1 is 1.60 bits per heavy atom. The largest absolute Gasteiger partial charge is 0.478 e. The van der Waals surface area contributed by atoms with Crippen molar-refractivity contribution in [1.82, 2.24) is 4.98 Å². The predicted molar refractivity (Wildman–Crippen MR) is 44.0 cm³/mol. The molecule has 4 nitrogen and oxygen atoms in total. The first-order chi connectivity index (χ1) is 6.97. The van der Waals surface area contributed by atoms with Crippen LogP contribution in [-0.2, 0) is 6.54 Å². The van der Waals surface area contributed by atoms with Gasteiger partial charge in [-0.2, -0.15) is 0 Å². The van der Waals surface area contributed by atoms with E-state index < -0.39 is 29.5 Å². The smallest absolute Gasteiger partial charge is 0.338 e. The van der Waals surface area contributed by atoms with Gasteiger partial charge in [-0.15, -0.1) is 0 Å². The van der Waals surface area contributed by atoms with E-state index in [-0.39, 0.29) is 12.2 Å². The van der Waals surface area contributed by atoms with Crippen LogP contribution in [0.5, 0.6) is 0 Å². The molecule has 0 fully saturated rings. The zero-order valence-corrected chi connectivity index (χ0v) is 7.38. The molecule has 0 atom stereocenters. The summed E-state index contributed by atoms with van der Waals surface area (Å²) < 4.78 is 37.6. The average molecular weight is 220 g/mol. The Bertz CT molecular complexity index is 396. The van der Waals surface area contributed by atoms with Gasteiger partial charge >= 0.3 is 5.97 Å². The standard InChI is InChI=1S/C8H7F3N2O2/c9-5-4(8(14)15)1-3(2-12)13-6(5)7(10)11/h1,7H,2,12H2,(H,14,15). The van der Waals surface area contributed by atoms with Crippen molar-refractivity contribution in [2.45, 2.75) is 13.0 Å². The average Bonchev–Trinajstić information content (AvgIpc) is 2.17. The molecule has 1 heterocycles. The summed E-state index contributed by atoms with van der Waals surface area (Å²) in [6.07, 6.45) is -3.17. The molecule has 0 saturated heterocycles. The van der Waals surface area contributed by atoms with E-state index in [2.05, 4.69) is 4.98 Å². The maximum Gasteiger partial charge on any atom is 0.338 e. The Hall–Kier alpha value is -1.63. The van der Waals surface area contributed by atoms with E-state index in [4.69, 9.17) is 10.8 Å². The molecule has 0 bridgehead atoms. The van der Waals surface area contributed by atoms with Crippen LogP contribution in [0, 0.1) is 5.82 Å². The number of alkyl halides is 2. The van der Waals surface area contributed by atoms with E-state index in [1.165, 1.54) is 0 Å². The first-order valence-electron chi connectivity index (χ1n) is 3.88. The molecule has 0 aliphatic heterocycles. The predicted octanol–water partition coefficient (Wildman–Crippen LogP) is 1.32. The summed E-state index contributed by atoms with van der Waals surface area (Å²) in [4.78, 5) is 13.7. The SMILES string of the molecule is NCc1cc(C(=O)O)c(F)c(C(F)F)n1. The highest BCUT2D eigenvalue weighted by atomic mass is 19.3. The van der Waals surface area contributed by atoms with Gasteiger partial charge in [0.15, 0.2) is 5.82 Å². The van der Waals surface area contributed by atoms with Crippen LogP contribution in [0.15, 0.2) is 6.07 Å². The van der Waals surface area contributed by atoms with Gasteiger partial charge in [0.1, 0.15) is 5.69 Å². The van der Waals surface area contributed by atoms with E-state index >= 15 is 0 Å². The second-order valence-electron chi connectivity index (χ2n) is 2.67. The monoisotopic (exact) mass is 220 g/mol. The third-order valence-electron chi connectivity index (χ3n) is 1.68. The zero-order chi connectivity index (χ0) is 11.6. The van der Waals surface area contributed by atoms with Gasteiger partial charge in [-0.05, 0) is 6.07 Å². The molecular formula is C8H7F3N2O2. The highest BCUT2D eigenvalue weighted by Crippen LogP contribution is 2.23. The number of carboxylic acids is 1.